The van der Waals surface area contributed by atoms with Gasteiger partial charge in [-0.3, -0.25) is 0 Å². The Morgan fingerprint density at radius 1 is 1.17 bits per heavy atom. The third-order valence-electron chi connectivity index (χ3n) is 3.54. The molecular weight excluding hydrogens is 230 g/mol. The number of fused-ring (bicyclic) bond motifs is 1. The van der Waals surface area contributed by atoms with Crippen LogP contribution in [0.4, 0.5) is 0 Å². The monoisotopic (exact) mass is 245 g/mol. The van der Waals surface area contributed by atoms with Crippen molar-refractivity contribution in [2.75, 3.05) is 0 Å². The van der Waals surface area contributed by atoms with Crippen LogP contribution < -0.4 is 9.47 Å². The molecule has 0 amide bonds. The first-order valence-corrected chi connectivity index (χ1v) is 6.36. The minimum atomic E-state index is -0.437. The number of nitrogens with zero attached hydrogens (tertiary/aromatic N) is 1. The normalized spacial score (nSPS) is 19.6. The van der Waals surface area contributed by atoms with Crippen molar-refractivity contribution in [3.8, 4) is 11.5 Å². The molecule has 1 saturated carbocycles. The fraction of sp³-hybridized carbons (Fsp3) is 0.500. The number of carbonyl (C=O) groups excluding carboxylic acids is 1. The minimum Gasteiger partial charge on any atom is -0.448 e. The van der Waals surface area contributed by atoms with E-state index in [4.69, 9.17) is 9.47 Å². The number of ether oxygens (including phenoxy) is 2. The lowest BCUT2D eigenvalue weighted by molar-refractivity contribution is -0.105. The second kappa shape index (κ2) is 4.46. The van der Waals surface area contributed by atoms with E-state index in [0.29, 0.717) is 6.54 Å². The van der Waals surface area contributed by atoms with Crippen molar-refractivity contribution in [2.45, 2.75) is 44.4 Å². The van der Waals surface area contributed by atoms with Crippen LogP contribution in [0.2, 0.25) is 0 Å². The zero-order valence-electron chi connectivity index (χ0n) is 10.1. The Bertz CT molecular complexity index is 500. The largest absolute Gasteiger partial charge is 0.448 e. The van der Waals surface area contributed by atoms with Crippen molar-refractivity contribution in [2.24, 2.45) is 4.99 Å². The lowest BCUT2D eigenvalue weighted by Gasteiger charge is -2.31. The maximum absolute atomic E-state index is 10.1. The second-order valence-electron chi connectivity index (χ2n) is 4.86. The van der Waals surface area contributed by atoms with Crippen LogP contribution in [-0.2, 0) is 11.3 Å². The Kier molecular flexibility index (Phi) is 2.80. The highest BCUT2D eigenvalue weighted by atomic mass is 16.7. The minimum absolute atomic E-state index is 0.340. The number of hydrogen-bond donors (Lipinski definition) is 0. The van der Waals surface area contributed by atoms with E-state index in [2.05, 4.69) is 4.99 Å². The van der Waals surface area contributed by atoms with Crippen molar-refractivity contribution < 1.29 is 14.3 Å². The van der Waals surface area contributed by atoms with E-state index in [1.54, 1.807) is 6.08 Å². The molecule has 1 spiro atoms. The van der Waals surface area contributed by atoms with Crippen LogP contribution in [0.3, 0.4) is 0 Å². The molecule has 0 aromatic heterocycles. The van der Waals surface area contributed by atoms with Crippen LogP contribution in [0.15, 0.2) is 23.2 Å². The van der Waals surface area contributed by atoms with Crippen LogP contribution in [-0.4, -0.2) is 11.9 Å². The molecule has 1 aromatic carbocycles. The first-order chi connectivity index (χ1) is 8.81. The summed E-state index contributed by atoms with van der Waals surface area (Å²) in [7, 11) is 0. The van der Waals surface area contributed by atoms with Gasteiger partial charge in [0.25, 0.3) is 5.79 Å². The quantitative estimate of drug-likeness (QED) is 0.594. The molecule has 0 unspecified atom stereocenters. The summed E-state index contributed by atoms with van der Waals surface area (Å²) in [5, 5.41) is 0. The average molecular weight is 245 g/mol. The summed E-state index contributed by atoms with van der Waals surface area (Å²) in [6.07, 6.45) is 6.99. The average Bonchev–Trinajstić information content (AvgIpc) is 2.73. The number of hydrogen-bond acceptors (Lipinski definition) is 4. The van der Waals surface area contributed by atoms with Gasteiger partial charge in [-0.05, 0) is 30.5 Å². The summed E-state index contributed by atoms with van der Waals surface area (Å²) >= 11 is 0. The van der Waals surface area contributed by atoms with Gasteiger partial charge in [0.05, 0.1) is 6.54 Å². The highest BCUT2D eigenvalue weighted by Gasteiger charge is 2.42. The van der Waals surface area contributed by atoms with Gasteiger partial charge < -0.3 is 9.47 Å². The molecule has 1 aromatic rings. The Morgan fingerprint density at radius 2 is 1.94 bits per heavy atom. The number of isocyanates is 1. The third-order valence-corrected chi connectivity index (χ3v) is 3.54. The predicted octanol–water partition coefficient (Wildman–Crippen LogP) is 2.95. The fourth-order valence-corrected chi connectivity index (χ4v) is 2.65. The summed E-state index contributed by atoms with van der Waals surface area (Å²) in [6, 6.07) is 5.71. The Labute approximate surface area is 106 Å². The van der Waals surface area contributed by atoms with E-state index < -0.39 is 5.79 Å². The van der Waals surface area contributed by atoms with Crippen LogP contribution in [0.25, 0.3) is 0 Å². The highest BCUT2D eigenvalue weighted by molar-refractivity contribution is 5.46. The van der Waals surface area contributed by atoms with Gasteiger partial charge in [0, 0.05) is 12.8 Å². The van der Waals surface area contributed by atoms with Crippen molar-refractivity contribution in [1.29, 1.82) is 0 Å². The van der Waals surface area contributed by atoms with Gasteiger partial charge in [-0.1, -0.05) is 12.5 Å². The first-order valence-electron chi connectivity index (χ1n) is 6.36. The van der Waals surface area contributed by atoms with E-state index in [-0.39, 0.29) is 0 Å². The molecule has 4 nitrogen and oxygen atoms in total. The molecule has 0 saturated heterocycles. The van der Waals surface area contributed by atoms with Crippen molar-refractivity contribution in [3.63, 3.8) is 0 Å². The standard InChI is InChI=1S/C14H15NO3/c16-10-15-9-11-4-5-12-13(8-11)18-14(17-12)6-2-1-3-7-14/h4-5,8H,1-3,6-7,9H2. The van der Waals surface area contributed by atoms with Gasteiger partial charge in [-0.15, -0.1) is 0 Å². The molecule has 1 aliphatic heterocycles. The first kappa shape index (κ1) is 11.3. The van der Waals surface area contributed by atoms with Crippen molar-refractivity contribution in [3.05, 3.63) is 23.8 Å². The van der Waals surface area contributed by atoms with E-state index >= 15 is 0 Å². The summed E-state index contributed by atoms with van der Waals surface area (Å²) in [4.78, 5) is 13.7. The zero-order valence-corrected chi connectivity index (χ0v) is 10.1. The second-order valence-corrected chi connectivity index (χ2v) is 4.86. The summed E-state index contributed by atoms with van der Waals surface area (Å²) < 4.78 is 12.0. The van der Waals surface area contributed by atoms with E-state index in [1.165, 1.54) is 6.42 Å². The Hall–Kier alpha value is -1.80. The summed E-state index contributed by atoms with van der Waals surface area (Å²) in [5.74, 6) is 1.14. The van der Waals surface area contributed by atoms with E-state index in [9.17, 15) is 4.79 Å². The van der Waals surface area contributed by atoms with E-state index in [1.807, 2.05) is 18.2 Å². The molecule has 0 atom stereocenters. The molecule has 1 fully saturated rings. The van der Waals surface area contributed by atoms with E-state index in [0.717, 1.165) is 42.7 Å². The van der Waals surface area contributed by atoms with Gasteiger partial charge in [-0.2, -0.15) is 0 Å². The smallest absolute Gasteiger partial charge is 0.251 e. The highest BCUT2D eigenvalue weighted by Crippen LogP contribution is 2.45. The number of benzene rings is 1. The van der Waals surface area contributed by atoms with Crippen LogP contribution >= 0.6 is 0 Å². The maximum atomic E-state index is 10.1. The maximum Gasteiger partial charge on any atom is 0.251 e. The molecule has 0 bridgehead atoms. The molecule has 1 heterocycles. The lowest BCUT2D eigenvalue weighted by Crippen LogP contribution is -2.40. The van der Waals surface area contributed by atoms with Gasteiger partial charge in [0.15, 0.2) is 11.5 Å². The Balaban J connectivity index is 1.81. The molecule has 3 rings (SSSR count). The molecule has 18 heavy (non-hydrogen) atoms. The van der Waals surface area contributed by atoms with Crippen LogP contribution in [0.1, 0.15) is 37.7 Å². The van der Waals surface area contributed by atoms with Gasteiger partial charge >= 0.3 is 0 Å². The summed E-state index contributed by atoms with van der Waals surface area (Å²) in [6.45, 7) is 0.340. The molecule has 1 aliphatic carbocycles. The molecule has 2 aliphatic rings. The van der Waals surface area contributed by atoms with Crippen molar-refractivity contribution in [1.82, 2.24) is 0 Å². The SMILES string of the molecule is O=C=NCc1ccc2c(c1)OC1(CCCCC1)O2. The zero-order chi connectivity index (χ0) is 12.4. The molecule has 4 heteroatoms. The topological polar surface area (TPSA) is 47.9 Å². The van der Waals surface area contributed by atoms with Gasteiger partial charge in [-0.25, -0.2) is 9.79 Å². The lowest BCUT2D eigenvalue weighted by atomic mass is 9.94. The third kappa shape index (κ3) is 2.00. The predicted molar refractivity (Wildman–Crippen MR) is 65.3 cm³/mol. The molecular formula is C14H15NO3. The number of aliphatic imine (C=N–C) groups is 1. The molecule has 94 valence electrons. The van der Waals surface area contributed by atoms with Crippen LogP contribution in [0, 0.1) is 0 Å². The van der Waals surface area contributed by atoms with Gasteiger partial charge in [0.2, 0.25) is 6.08 Å². The summed E-state index contributed by atoms with van der Waals surface area (Å²) in [5.41, 5.74) is 0.938. The van der Waals surface area contributed by atoms with Crippen molar-refractivity contribution >= 4 is 6.08 Å². The van der Waals surface area contributed by atoms with Gasteiger partial charge in [0.1, 0.15) is 0 Å². The molecule has 0 radical (unpaired) electrons. The Morgan fingerprint density at radius 3 is 2.72 bits per heavy atom. The van der Waals surface area contributed by atoms with Crippen LogP contribution in [0.5, 0.6) is 11.5 Å². The number of rotatable bonds is 2. The fourth-order valence-electron chi connectivity index (χ4n) is 2.65. The molecule has 0 N–H and O–H groups in total.